The van der Waals surface area contributed by atoms with E-state index in [-0.39, 0.29) is 12.3 Å². The van der Waals surface area contributed by atoms with Crippen molar-refractivity contribution >= 4 is 11.5 Å². The molecule has 0 spiro atoms. The Labute approximate surface area is 165 Å². The maximum absolute atomic E-state index is 12.5. The first kappa shape index (κ1) is 18.2. The zero-order valence-electron chi connectivity index (χ0n) is 15.7. The lowest BCUT2D eigenvalue weighted by molar-refractivity contribution is -0.119. The van der Waals surface area contributed by atoms with Gasteiger partial charge in [0.15, 0.2) is 5.78 Å². The van der Waals surface area contributed by atoms with Crippen LogP contribution < -0.4 is 4.74 Å². The Bertz CT molecular complexity index is 946. The van der Waals surface area contributed by atoms with Crippen molar-refractivity contribution in [3.05, 3.63) is 71.8 Å². The van der Waals surface area contributed by atoms with Crippen LogP contribution in [0.1, 0.15) is 31.2 Å². The van der Waals surface area contributed by atoms with Crippen molar-refractivity contribution in [3.8, 4) is 17.6 Å². The third-order valence-corrected chi connectivity index (χ3v) is 5.45. The lowest BCUT2D eigenvalue weighted by atomic mass is 9.84. The largest absolute Gasteiger partial charge is 0.457 e. The van der Waals surface area contributed by atoms with Gasteiger partial charge in [0.25, 0.3) is 0 Å². The highest BCUT2D eigenvalue weighted by atomic mass is 16.5. The second kappa shape index (κ2) is 8.22. The molecule has 0 N–H and O–H groups in total. The monoisotopic (exact) mass is 370 g/mol. The number of nitriles is 1. The van der Waals surface area contributed by atoms with Crippen LogP contribution in [0, 0.1) is 23.2 Å². The first-order valence-electron chi connectivity index (χ1n) is 9.76. The molecule has 140 valence electrons. The number of Topliss-reactive ketones (excluding diaryl/α,β-unsaturated/α-hetero) is 1. The molecule has 0 aromatic heterocycles. The van der Waals surface area contributed by atoms with E-state index in [1.165, 1.54) is 0 Å². The number of benzene rings is 2. The maximum Gasteiger partial charge on any atom is 0.175 e. The molecule has 0 amide bonds. The molecule has 1 aliphatic heterocycles. The second-order valence-electron chi connectivity index (χ2n) is 7.30. The van der Waals surface area contributed by atoms with Gasteiger partial charge in [0.2, 0.25) is 0 Å². The summed E-state index contributed by atoms with van der Waals surface area (Å²) in [6, 6.07) is 19.6. The van der Waals surface area contributed by atoms with Gasteiger partial charge in [-0.3, -0.25) is 9.79 Å². The molecule has 1 atom stereocenters. The molecule has 2 aliphatic rings. The van der Waals surface area contributed by atoms with Crippen molar-refractivity contribution in [2.24, 2.45) is 16.8 Å². The zero-order valence-corrected chi connectivity index (χ0v) is 15.7. The highest BCUT2D eigenvalue weighted by Gasteiger charge is 2.32. The average Bonchev–Trinajstić information content (AvgIpc) is 3.21. The Kier molecular flexibility index (Phi) is 5.34. The Morgan fingerprint density at radius 2 is 1.64 bits per heavy atom. The van der Waals surface area contributed by atoms with Gasteiger partial charge < -0.3 is 4.74 Å². The predicted molar refractivity (Wildman–Crippen MR) is 109 cm³/mol. The molecule has 1 saturated carbocycles. The summed E-state index contributed by atoms with van der Waals surface area (Å²) in [5, 5.41) is 9.57. The number of aliphatic imine (C=N–C) groups is 1. The van der Waals surface area contributed by atoms with E-state index in [4.69, 9.17) is 4.74 Å². The molecule has 0 saturated heterocycles. The lowest BCUT2D eigenvalue weighted by Gasteiger charge is -2.17. The van der Waals surface area contributed by atoms with Crippen molar-refractivity contribution in [2.45, 2.75) is 25.7 Å². The molecular weight excluding hydrogens is 348 g/mol. The van der Waals surface area contributed by atoms with Gasteiger partial charge in [0, 0.05) is 0 Å². The summed E-state index contributed by atoms with van der Waals surface area (Å²) in [5.41, 5.74) is 2.66. The van der Waals surface area contributed by atoms with E-state index in [1.54, 1.807) is 0 Å². The third-order valence-electron chi connectivity index (χ3n) is 5.45. The van der Waals surface area contributed by atoms with Crippen LogP contribution in [0.25, 0.3) is 0 Å². The molecule has 4 rings (SSSR count). The molecule has 0 bridgehead atoms. The van der Waals surface area contributed by atoms with E-state index < -0.39 is 5.92 Å². The average molecular weight is 370 g/mol. The smallest absolute Gasteiger partial charge is 0.175 e. The number of ether oxygens (including phenoxy) is 1. The maximum atomic E-state index is 12.5. The van der Waals surface area contributed by atoms with Gasteiger partial charge in [0.1, 0.15) is 17.4 Å². The van der Waals surface area contributed by atoms with Crippen LogP contribution in [0.2, 0.25) is 0 Å². The van der Waals surface area contributed by atoms with Crippen molar-refractivity contribution in [1.29, 1.82) is 5.26 Å². The topological polar surface area (TPSA) is 62.5 Å². The Morgan fingerprint density at radius 3 is 2.32 bits per heavy atom. The Balaban J connectivity index is 1.60. The molecule has 0 radical (unpaired) electrons. The standard InChI is InChI=1S/C24H22N2O2/c25-15-22-21(17-6-4-5-7-17)14-23(26-16-24(22)27)18-10-12-20(13-11-18)28-19-8-2-1-3-9-19/h1-3,8-14,17,22H,4-7,16H2. The Morgan fingerprint density at radius 1 is 0.964 bits per heavy atom. The molecule has 1 heterocycles. The molecule has 1 aliphatic carbocycles. The minimum atomic E-state index is -0.662. The van der Waals surface area contributed by atoms with Crippen LogP contribution in [0.4, 0.5) is 0 Å². The normalized spacial score (nSPS) is 20.1. The van der Waals surface area contributed by atoms with E-state index >= 15 is 0 Å². The van der Waals surface area contributed by atoms with Gasteiger partial charge in [-0.1, -0.05) is 31.0 Å². The number of nitrogens with zero attached hydrogens (tertiary/aromatic N) is 2. The van der Waals surface area contributed by atoms with Crippen LogP contribution in [-0.4, -0.2) is 18.0 Å². The fraction of sp³-hybridized carbons (Fsp3) is 0.292. The quantitative estimate of drug-likeness (QED) is 0.751. The number of hydrogen-bond donors (Lipinski definition) is 0. The number of rotatable bonds is 4. The fourth-order valence-corrected chi connectivity index (χ4v) is 3.98. The van der Waals surface area contributed by atoms with E-state index in [0.29, 0.717) is 5.92 Å². The second-order valence-corrected chi connectivity index (χ2v) is 7.30. The van der Waals surface area contributed by atoms with Gasteiger partial charge in [-0.05, 0) is 72.4 Å². The first-order chi connectivity index (χ1) is 13.7. The minimum Gasteiger partial charge on any atom is -0.457 e. The van der Waals surface area contributed by atoms with E-state index in [1.807, 2.05) is 60.7 Å². The molecule has 1 fully saturated rings. The molecule has 4 heteroatoms. The van der Waals surface area contributed by atoms with Gasteiger partial charge in [-0.15, -0.1) is 0 Å². The predicted octanol–water partition coefficient (Wildman–Crippen LogP) is 5.11. The number of ketones is 1. The first-order valence-corrected chi connectivity index (χ1v) is 9.76. The highest BCUT2D eigenvalue weighted by Crippen LogP contribution is 2.36. The van der Waals surface area contributed by atoms with Crippen molar-refractivity contribution in [1.82, 2.24) is 0 Å². The number of hydrogen-bond acceptors (Lipinski definition) is 4. The third kappa shape index (κ3) is 3.89. The molecular formula is C24H22N2O2. The van der Waals surface area contributed by atoms with Crippen molar-refractivity contribution < 1.29 is 9.53 Å². The summed E-state index contributed by atoms with van der Waals surface area (Å²) in [7, 11) is 0. The zero-order chi connectivity index (χ0) is 19.3. The van der Waals surface area contributed by atoms with Crippen LogP contribution in [0.15, 0.2) is 71.2 Å². The van der Waals surface area contributed by atoms with E-state index in [2.05, 4.69) is 11.1 Å². The Hall–Kier alpha value is -3.19. The minimum absolute atomic E-state index is 0.0581. The van der Waals surface area contributed by atoms with Crippen molar-refractivity contribution in [3.63, 3.8) is 0 Å². The number of allylic oxidation sites excluding steroid dienone is 2. The number of carbonyl (C=O) groups is 1. The van der Waals surface area contributed by atoms with Crippen LogP contribution in [-0.2, 0) is 4.79 Å². The molecule has 2 aromatic carbocycles. The summed E-state index contributed by atoms with van der Waals surface area (Å²) in [6.45, 7) is 0.0581. The lowest BCUT2D eigenvalue weighted by Crippen LogP contribution is -2.20. The van der Waals surface area contributed by atoms with Crippen LogP contribution in [0.5, 0.6) is 11.5 Å². The van der Waals surface area contributed by atoms with E-state index in [9.17, 15) is 10.1 Å². The molecule has 4 nitrogen and oxygen atoms in total. The summed E-state index contributed by atoms with van der Waals surface area (Å²) in [5.74, 6) is 1.09. The molecule has 2 aromatic rings. The SMILES string of the molecule is N#CC1C(=O)CN=C(c2ccc(Oc3ccccc3)cc2)C=C1C1CCCC1. The van der Waals surface area contributed by atoms with E-state index in [0.717, 1.165) is 54.0 Å². The number of para-hydroxylation sites is 1. The summed E-state index contributed by atoms with van der Waals surface area (Å²) >= 11 is 0. The van der Waals surface area contributed by atoms with Gasteiger partial charge in [0.05, 0.1) is 18.3 Å². The summed E-state index contributed by atoms with van der Waals surface area (Å²) < 4.78 is 5.85. The molecule has 28 heavy (non-hydrogen) atoms. The summed E-state index contributed by atoms with van der Waals surface area (Å²) in [4.78, 5) is 17.0. The van der Waals surface area contributed by atoms with Crippen LogP contribution in [0.3, 0.4) is 0 Å². The molecule has 1 unspecified atom stereocenters. The van der Waals surface area contributed by atoms with Crippen molar-refractivity contribution in [2.75, 3.05) is 6.54 Å². The van der Waals surface area contributed by atoms with Gasteiger partial charge in [-0.25, -0.2) is 0 Å². The van der Waals surface area contributed by atoms with Gasteiger partial charge in [-0.2, -0.15) is 5.26 Å². The fourth-order valence-electron chi connectivity index (χ4n) is 3.98. The number of carbonyl (C=O) groups excluding carboxylic acids is 1. The van der Waals surface area contributed by atoms with Gasteiger partial charge >= 0.3 is 0 Å². The van der Waals surface area contributed by atoms with Crippen LogP contribution >= 0.6 is 0 Å². The highest BCUT2D eigenvalue weighted by molar-refractivity contribution is 6.11. The summed E-state index contributed by atoms with van der Waals surface area (Å²) in [6.07, 6.45) is 6.41.